The van der Waals surface area contributed by atoms with E-state index in [1.165, 1.54) is 4.68 Å². The molecule has 1 aliphatic rings. The molecule has 2 aromatic rings. The second-order valence-corrected chi connectivity index (χ2v) is 4.69. The zero-order valence-electron chi connectivity index (χ0n) is 11.9. The van der Waals surface area contributed by atoms with Crippen LogP contribution in [0.4, 0.5) is 5.82 Å². The molecule has 0 saturated carbocycles. The SMILES string of the molecule is COc1cccc(OC)c1-c1nn(C(=N)N)c2c1CCN2. The summed E-state index contributed by atoms with van der Waals surface area (Å²) in [4.78, 5) is 0. The third-order valence-corrected chi connectivity index (χ3v) is 3.54. The highest BCUT2D eigenvalue weighted by molar-refractivity contribution is 5.87. The average molecular weight is 287 g/mol. The molecule has 0 saturated heterocycles. The van der Waals surface area contributed by atoms with Gasteiger partial charge in [0.2, 0.25) is 5.96 Å². The first-order chi connectivity index (χ1) is 10.2. The summed E-state index contributed by atoms with van der Waals surface area (Å²) in [6, 6.07) is 5.58. The van der Waals surface area contributed by atoms with Gasteiger partial charge in [-0.25, -0.2) is 0 Å². The molecule has 4 N–H and O–H groups in total. The lowest BCUT2D eigenvalue weighted by Crippen LogP contribution is -2.23. The van der Waals surface area contributed by atoms with Crippen molar-refractivity contribution in [2.45, 2.75) is 6.42 Å². The fourth-order valence-corrected chi connectivity index (χ4v) is 2.63. The van der Waals surface area contributed by atoms with Crippen LogP contribution in [0.3, 0.4) is 0 Å². The van der Waals surface area contributed by atoms with E-state index < -0.39 is 0 Å². The molecule has 0 fully saturated rings. The van der Waals surface area contributed by atoms with Crippen LogP contribution in [0.2, 0.25) is 0 Å². The molecule has 3 rings (SSSR count). The molecule has 7 nitrogen and oxygen atoms in total. The zero-order chi connectivity index (χ0) is 15.0. The number of nitrogens with one attached hydrogen (secondary N) is 2. The van der Waals surface area contributed by atoms with Crippen molar-refractivity contribution in [3.05, 3.63) is 23.8 Å². The molecule has 0 radical (unpaired) electrons. The van der Waals surface area contributed by atoms with Crippen molar-refractivity contribution in [3.8, 4) is 22.8 Å². The minimum Gasteiger partial charge on any atom is -0.496 e. The molecule has 21 heavy (non-hydrogen) atoms. The van der Waals surface area contributed by atoms with E-state index in [0.29, 0.717) is 11.5 Å². The number of methoxy groups -OCH3 is 2. The van der Waals surface area contributed by atoms with E-state index in [9.17, 15) is 0 Å². The zero-order valence-corrected chi connectivity index (χ0v) is 11.9. The topological polar surface area (TPSA) is 98.2 Å². The molecule has 1 aromatic heterocycles. The summed E-state index contributed by atoms with van der Waals surface area (Å²) in [7, 11) is 3.22. The predicted molar refractivity (Wildman–Crippen MR) is 80.3 cm³/mol. The van der Waals surface area contributed by atoms with E-state index >= 15 is 0 Å². The number of anilines is 1. The Morgan fingerprint density at radius 3 is 2.57 bits per heavy atom. The number of hydrogen-bond donors (Lipinski definition) is 3. The Morgan fingerprint density at radius 2 is 2.00 bits per heavy atom. The standard InChI is InChI=1S/C14H17N5O2/c1-20-9-4-3-5-10(21-2)11(9)12-8-6-7-17-13(8)19(18-12)14(15)16/h3-5,17H,6-7H2,1-2H3,(H3,15,16). The third kappa shape index (κ3) is 1.97. The molecular formula is C14H17N5O2. The van der Waals surface area contributed by atoms with Crippen LogP contribution in [0.1, 0.15) is 5.56 Å². The maximum absolute atomic E-state index is 7.65. The van der Waals surface area contributed by atoms with E-state index in [1.807, 2.05) is 18.2 Å². The fraction of sp³-hybridized carbons (Fsp3) is 0.286. The van der Waals surface area contributed by atoms with Crippen molar-refractivity contribution >= 4 is 11.8 Å². The van der Waals surface area contributed by atoms with E-state index in [0.717, 1.165) is 35.6 Å². The third-order valence-electron chi connectivity index (χ3n) is 3.54. The maximum Gasteiger partial charge on any atom is 0.215 e. The number of benzene rings is 1. The van der Waals surface area contributed by atoms with Crippen molar-refractivity contribution < 1.29 is 9.47 Å². The first-order valence-electron chi connectivity index (χ1n) is 6.59. The highest BCUT2D eigenvalue weighted by Gasteiger charge is 2.27. The number of rotatable bonds is 3. The van der Waals surface area contributed by atoms with Gasteiger partial charge in [-0.1, -0.05) is 6.07 Å². The van der Waals surface area contributed by atoms with Gasteiger partial charge in [0.1, 0.15) is 23.0 Å². The van der Waals surface area contributed by atoms with E-state index in [4.69, 9.17) is 20.6 Å². The van der Waals surface area contributed by atoms with Crippen LogP contribution in [0, 0.1) is 5.41 Å². The first kappa shape index (κ1) is 13.3. The van der Waals surface area contributed by atoms with Crippen LogP contribution >= 0.6 is 0 Å². The quantitative estimate of drug-likeness (QED) is 0.583. The van der Waals surface area contributed by atoms with Crippen LogP contribution in [0.25, 0.3) is 11.3 Å². The second-order valence-electron chi connectivity index (χ2n) is 4.69. The molecule has 7 heteroatoms. The van der Waals surface area contributed by atoms with E-state index in [2.05, 4.69) is 10.4 Å². The maximum atomic E-state index is 7.65. The van der Waals surface area contributed by atoms with Crippen molar-refractivity contribution in [2.24, 2.45) is 5.73 Å². The Bertz CT molecular complexity index is 685. The highest BCUT2D eigenvalue weighted by atomic mass is 16.5. The van der Waals surface area contributed by atoms with Crippen LogP contribution in [-0.4, -0.2) is 36.5 Å². The number of nitrogens with two attached hydrogens (primary N) is 1. The summed E-state index contributed by atoms with van der Waals surface area (Å²) in [5.74, 6) is 2.00. The van der Waals surface area contributed by atoms with Gasteiger partial charge in [0.25, 0.3) is 0 Å². The van der Waals surface area contributed by atoms with Gasteiger partial charge in [0.15, 0.2) is 0 Å². The molecule has 2 heterocycles. The average Bonchev–Trinajstić information content (AvgIpc) is 3.08. The van der Waals surface area contributed by atoms with Gasteiger partial charge >= 0.3 is 0 Å². The minimum absolute atomic E-state index is 0.124. The summed E-state index contributed by atoms with van der Waals surface area (Å²) in [6.45, 7) is 0.797. The van der Waals surface area contributed by atoms with Gasteiger partial charge in [-0.05, 0) is 18.6 Å². The van der Waals surface area contributed by atoms with Gasteiger partial charge < -0.3 is 20.5 Å². The number of nitrogens with zero attached hydrogens (tertiary/aromatic N) is 2. The molecule has 0 bridgehead atoms. The van der Waals surface area contributed by atoms with Crippen molar-refractivity contribution in [3.63, 3.8) is 0 Å². The van der Waals surface area contributed by atoms with E-state index in [1.54, 1.807) is 14.2 Å². The van der Waals surface area contributed by atoms with Gasteiger partial charge in [-0.3, -0.25) is 5.41 Å². The second kappa shape index (κ2) is 5.01. The summed E-state index contributed by atoms with van der Waals surface area (Å²) in [5.41, 5.74) is 8.14. The van der Waals surface area contributed by atoms with Gasteiger partial charge in [-0.2, -0.15) is 9.78 Å². The number of hydrogen-bond acceptors (Lipinski definition) is 5. The molecular weight excluding hydrogens is 270 g/mol. The molecule has 1 aromatic carbocycles. The van der Waals surface area contributed by atoms with Crippen LogP contribution in [0.15, 0.2) is 18.2 Å². The first-order valence-corrected chi connectivity index (χ1v) is 6.59. The van der Waals surface area contributed by atoms with Crippen molar-refractivity contribution in [1.29, 1.82) is 5.41 Å². The highest BCUT2D eigenvalue weighted by Crippen LogP contribution is 2.42. The van der Waals surface area contributed by atoms with Crippen molar-refractivity contribution in [2.75, 3.05) is 26.1 Å². The molecule has 0 unspecified atom stereocenters. The number of nitrogen functional groups attached to an aromatic ring is 1. The molecule has 0 spiro atoms. The largest absolute Gasteiger partial charge is 0.496 e. The van der Waals surface area contributed by atoms with Crippen molar-refractivity contribution in [1.82, 2.24) is 9.78 Å². The summed E-state index contributed by atoms with van der Waals surface area (Å²) < 4.78 is 12.3. The number of aromatic nitrogens is 2. The molecule has 0 atom stereocenters. The lowest BCUT2D eigenvalue weighted by Gasteiger charge is -2.12. The molecule has 110 valence electrons. The van der Waals surface area contributed by atoms with Gasteiger partial charge in [0, 0.05) is 12.1 Å². The normalized spacial score (nSPS) is 12.7. The van der Waals surface area contributed by atoms with Crippen LogP contribution in [-0.2, 0) is 6.42 Å². The molecule has 0 amide bonds. The predicted octanol–water partition coefficient (Wildman–Crippen LogP) is 1.28. The fourth-order valence-electron chi connectivity index (χ4n) is 2.63. The Labute approximate surface area is 122 Å². The number of fused-ring (bicyclic) bond motifs is 1. The monoisotopic (exact) mass is 287 g/mol. The molecule has 1 aliphatic heterocycles. The van der Waals surface area contributed by atoms with E-state index in [-0.39, 0.29) is 5.96 Å². The minimum atomic E-state index is -0.124. The Hall–Kier alpha value is -2.70. The van der Waals surface area contributed by atoms with Gasteiger partial charge in [-0.15, -0.1) is 0 Å². The summed E-state index contributed by atoms with van der Waals surface area (Å²) in [5, 5.41) is 15.3. The Kier molecular flexibility index (Phi) is 3.17. The Balaban J connectivity index is 2.27. The molecule has 0 aliphatic carbocycles. The van der Waals surface area contributed by atoms with Crippen LogP contribution < -0.4 is 20.5 Å². The van der Waals surface area contributed by atoms with Gasteiger partial charge in [0.05, 0.1) is 19.8 Å². The Morgan fingerprint density at radius 1 is 1.33 bits per heavy atom. The lowest BCUT2D eigenvalue weighted by atomic mass is 10.0. The lowest BCUT2D eigenvalue weighted by molar-refractivity contribution is 0.397. The smallest absolute Gasteiger partial charge is 0.215 e. The summed E-state index contributed by atoms with van der Waals surface area (Å²) >= 11 is 0. The van der Waals surface area contributed by atoms with Crippen LogP contribution in [0.5, 0.6) is 11.5 Å². The summed E-state index contributed by atoms with van der Waals surface area (Å²) in [6.07, 6.45) is 0.819. The number of ether oxygens (including phenoxy) is 2.